The van der Waals surface area contributed by atoms with Crippen molar-refractivity contribution in [1.29, 1.82) is 0 Å². The van der Waals surface area contributed by atoms with Crippen LogP contribution in [0.4, 0.5) is 0 Å². The lowest BCUT2D eigenvalue weighted by Gasteiger charge is -2.33. The molecule has 2 aromatic rings. The zero-order chi connectivity index (χ0) is 29.4. The van der Waals surface area contributed by atoms with Crippen LogP contribution in [0.15, 0.2) is 35.7 Å². The lowest BCUT2D eigenvalue weighted by atomic mass is 9.96. The molecule has 1 saturated carbocycles. The Morgan fingerprint density at radius 3 is 2.38 bits per heavy atom. The number of aromatic nitrogens is 1. The van der Waals surface area contributed by atoms with Gasteiger partial charge in [0, 0.05) is 44.3 Å². The fourth-order valence-electron chi connectivity index (χ4n) is 4.81. The average molecular weight is 572 g/mol. The molecule has 0 bridgehead atoms. The molecule has 1 unspecified atom stereocenters. The highest BCUT2D eigenvalue weighted by Crippen LogP contribution is 2.35. The van der Waals surface area contributed by atoms with Crippen LogP contribution in [0.3, 0.4) is 0 Å². The van der Waals surface area contributed by atoms with E-state index in [1.807, 2.05) is 44.2 Å². The number of ether oxygens (including phenoxy) is 1. The van der Waals surface area contributed by atoms with Crippen molar-refractivity contribution in [3.05, 3.63) is 52.0 Å². The van der Waals surface area contributed by atoms with E-state index in [1.165, 1.54) is 18.3 Å². The second-order valence-electron chi connectivity index (χ2n) is 11.2. The molecule has 1 aliphatic rings. The molecule has 218 valence electrons. The van der Waals surface area contributed by atoms with Crippen molar-refractivity contribution in [2.24, 2.45) is 17.8 Å². The van der Waals surface area contributed by atoms with E-state index < -0.39 is 35.9 Å². The van der Waals surface area contributed by atoms with E-state index >= 15 is 0 Å². The molecule has 10 heteroatoms. The van der Waals surface area contributed by atoms with Gasteiger partial charge in [0.15, 0.2) is 6.10 Å². The van der Waals surface area contributed by atoms with Gasteiger partial charge in [-0.3, -0.25) is 19.2 Å². The van der Waals surface area contributed by atoms with Crippen LogP contribution >= 0.6 is 11.3 Å². The van der Waals surface area contributed by atoms with Gasteiger partial charge in [0.1, 0.15) is 10.7 Å². The van der Waals surface area contributed by atoms with Gasteiger partial charge in [0.2, 0.25) is 5.91 Å². The van der Waals surface area contributed by atoms with E-state index in [4.69, 9.17) is 4.74 Å². The number of nitrogens with zero attached hydrogens (tertiary/aromatic N) is 2. The van der Waals surface area contributed by atoms with E-state index in [2.05, 4.69) is 10.3 Å². The van der Waals surface area contributed by atoms with E-state index in [0.29, 0.717) is 30.2 Å². The first-order valence-corrected chi connectivity index (χ1v) is 14.8. The van der Waals surface area contributed by atoms with Crippen molar-refractivity contribution < 1.29 is 29.0 Å². The first-order chi connectivity index (χ1) is 18.9. The summed E-state index contributed by atoms with van der Waals surface area (Å²) in [7, 11) is 1.80. The Labute approximate surface area is 240 Å². The summed E-state index contributed by atoms with van der Waals surface area (Å²) < 4.78 is 5.65. The molecular weight excluding hydrogens is 530 g/mol. The number of hydrogen-bond acceptors (Lipinski definition) is 7. The van der Waals surface area contributed by atoms with Crippen LogP contribution in [-0.4, -0.2) is 57.9 Å². The van der Waals surface area contributed by atoms with Crippen molar-refractivity contribution in [1.82, 2.24) is 15.2 Å². The first kappa shape index (κ1) is 31.3. The molecule has 0 saturated heterocycles. The van der Waals surface area contributed by atoms with Crippen LogP contribution in [0.5, 0.6) is 0 Å². The molecule has 3 rings (SSSR count). The number of benzene rings is 1. The summed E-state index contributed by atoms with van der Waals surface area (Å²) in [6.07, 6.45) is 3.12. The molecule has 2 amide bonds. The predicted molar refractivity (Wildman–Crippen MR) is 153 cm³/mol. The molecule has 0 spiro atoms. The third-order valence-corrected chi connectivity index (χ3v) is 8.27. The monoisotopic (exact) mass is 571 g/mol. The minimum atomic E-state index is -0.923. The summed E-state index contributed by atoms with van der Waals surface area (Å²) in [6, 6.07) is 8.99. The molecule has 0 radical (unpaired) electrons. The smallest absolute Gasteiger partial charge is 0.306 e. The van der Waals surface area contributed by atoms with Gasteiger partial charge in [0.05, 0.1) is 5.92 Å². The Morgan fingerprint density at radius 2 is 1.80 bits per heavy atom. The third-order valence-electron chi connectivity index (χ3n) is 7.33. The summed E-state index contributed by atoms with van der Waals surface area (Å²) in [5, 5.41) is 14.5. The predicted octanol–water partition coefficient (Wildman–Crippen LogP) is 4.87. The standard InChI is InChI=1S/C30H41N3O6S/c1-18(2)25(33(5)27(35)15-22-11-12-22)16-26(39-20(4)34)29-32-24(17-40-29)28(36)31-23(13-19(3)30(37)38)14-21-9-7-6-8-10-21/h6-10,17-19,22-23,25-26H,11-16H2,1-5H3,(H,31,36)(H,37,38)/t19-,23+,25?,26+/m0/s1. The molecule has 40 heavy (non-hydrogen) atoms. The number of carboxylic acid groups (broad SMARTS) is 1. The van der Waals surface area contributed by atoms with Gasteiger partial charge in [0.25, 0.3) is 5.91 Å². The number of carbonyl (C=O) groups excluding carboxylic acids is 3. The third kappa shape index (κ3) is 9.43. The van der Waals surface area contributed by atoms with Gasteiger partial charge in [-0.05, 0) is 43.1 Å². The van der Waals surface area contributed by atoms with Crippen LogP contribution < -0.4 is 5.32 Å². The minimum Gasteiger partial charge on any atom is -0.481 e. The van der Waals surface area contributed by atoms with Gasteiger partial charge in [-0.15, -0.1) is 11.3 Å². The maximum absolute atomic E-state index is 13.2. The van der Waals surface area contributed by atoms with Crippen molar-refractivity contribution in [2.45, 2.75) is 84.4 Å². The Bertz CT molecular complexity index is 1160. The minimum absolute atomic E-state index is 0.0852. The lowest BCUT2D eigenvalue weighted by Crippen LogP contribution is -2.42. The number of thiazole rings is 1. The number of nitrogens with one attached hydrogen (secondary N) is 1. The molecule has 2 N–H and O–H groups in total. The van der Waals surface area contributed by atoms with Crippen molar-refractivity contribution >= 4 is 35.1 Å². The van der Waals surface area contributed by atoms with E-state index in [9.17, 15) is 24.3 Å². The Morgan fingerprint density at radius 1 is 1.12 bits per heavy atom. The first-order valence-electron chi connectivity index (χ1n) is 13.9. The Balaban J connectivity index is 1.75. The van der Waals surface area contributed by atoms with Gasteiger partial charge >= 0.3 is 11.9 Å². The highest BCUT2D eigenvalue weighted by molar-refractivity contribution is 7.09. The normalized spacial score (nSPS) is 16.1. The van der Waals surface area contributed by atoms with Gasteiger partial charge in [-0.1, -0.05) is 51.1 Å². The SMILES string of the molecule is CC(=O)O[C@H](CC(C(C)C)N(C)C(=O)CC1CC1)c1nc(C(=O)N[C@@H](Cc2ccccc2)C[C@H](C)C(=O)O)cs1. The zero-order valence-electron chi connectivity index (χ0n) is 24.0. The molecule has 1 fully saturated rings. The quantitative estimate of drug-likeness (QED) is 0.292. The molecule has 1 aliphatic carbocycles. The molecule has 1 aromatic carbocycles. The van der Waals surface area contributed by atoms with E-state index in [0.717, 1.165) is 18.4 Å². The number of rotatable bonds is 15. The van der Waals surface area contributed by atoms with Crippen molar-refractivity contribution in [3.8, 4) is 0 Å². The Hall–Kier alpha value is -3.27. The molecule has 0 aliphatic heterocycles. The number of amides is 2. The maximum Gasteiger partial charge on any atom is 0.306 e. The van der Waals surface area contributed by atoms with Gasteiger partial charge in [-0.2, -0.15) is 0 Å². The molecule has 1 aromatic heterocycles. The second-order valence-corrected chi connectivity index (χ2v) is 12.1. The van der Waals surface area contributed by atoms with Gasteiger partial charge < -0.3 is 20.1 Å². The Kier molecular flexibility index (Phi) is 11.2. The van der Waals surface area contributed by atoms with Crippen molar-refractivity contribution in [2.75, 3.05) is 7.05 Å². The average Bonchev–Trinajstić information content (AvgIpc) is 3.56. The number of esters is 1. The van der Waals surface area contributed by atoms with E-state index in [-0.39, 0.29) is 30.0 Å². The topological polar surface area (TPSA) is 126 Å². The maximum atomic E-state index is 13.2. The fraction of sp³-hybridized carbons (Fsp3) is 0.567. The number of carboxylic acids is 1. The fourth-order valence-corrected chi connectivity index (χ4v) is 5.65. The van der Waals surface area contributed by atoms with Gasteiger partial charge in [-0.25, -0.2) is 4.98 Å². The van der Waals surface area contributed by atoms with Crippen LogP contribution in [-0.2, 0) is 25.5 Å². The molecule has 4 atom stereocenters. The van der Waals surface area contributed by atoms with E-state index in [1.54, 1.807) is 24.3 Å². The summed E-state index contributed by atoms with van der Waals surface area (Å²) in [6.45, 7) is 7.01. The van der Waals surface area contributed by atoms with Crippen LogP contribution in [0.1, 0.15) is 87.0 Å². The second kappa shape index (κ2) is 14.4. The number of carbonyl (C=O) groups is 4. The largest absolute Gasteiger partial charge is 0.481 e. The summed E-state index contributed by atoms with van der Waals surface area (Å²) in [5.41, 5.74) is 1.16. The zero-order valence-corrected chi connectivity index (χ0v) is 24.8. The summed E-state index contributed by atoms with van der Waals surface area (Å²) in [5.74, 6) is -1.78. The lowest BCUT2D eigenvalue weighted by molar-refractivity contribution is -0.148. The highest BCUT2D eigenvalue weighted by Gasteiger charge is 2.33. The molecular formula is C30H41N3O6S. The van der Waals surface area contributed by atoms with Crippen molar-refractivity contribution in [3.63, 3.8) is 0 Å². The number of hydrogen-bond donors (Lipinski definition) is 2. The molecule has 1 heterocycles. The molecule has 9 nitrogen and oxygen atoms in total. The number of aliphatic carboxylic acids is 1. The summed E-state index contributed by atoms with van der Waals surface area (Å²) in [4.78, 5) is 55.8. The van der Waals surface area contributed by atoms with Crippen LogP contribution in [0, 0.1) is 17.8 Å². The van der Waals surface area contributed by atoms with Crippen LogP contribution in [0.2, 0.25) is 0 Å². The highest BCUT2D eigenvalue weighted by atomic mass is 32.1. The summed E-state index contributed by atoms with van der Waals surface area (Å²) >= 11 is 1.23. The van der Waals surface area contributed by atoms with Crippen LogP contribution in [0.25, 0.3) is 0 Å².